The van der Waals surface area contributed by atoms with Crippen LogP contribution in [-0.4, -0.2) is 66.4 Å². The summed E-state index contributed by atoms with van der Waals surface area (Å²) < 4.78 is 0. The van der Waals surface area contributed by atoms with Crippen molar-refractivity contribution in [1.29, 1.82) is 0 Å². The van der Waals surface area contributed by atoms with E-state index in [1.54, 1.807) is 0 Å². The van der Waals surface area contributed by atoms with Gasteiger partial charge in [-0.2, -0.15) is 0 Å². The van der Waals surface area contributed by atoms with Crippen LogP contribution in [0.3, 0.4) is 0 Å². The Labute approximate surface area is 136 Å². The SMILES string of the molecule is CN1CCC(CNC(=O)CN2C(=O)NC3(CCCC3)C2=O)CC1. The summed E-state index contributed by atoms with van der Waals surface area (Å²) in [6.45, 7) is 2.56. The van der Waals surface area contributed by atoms with E-state index >= 15 is 0 Å². The Morgan fingerprint density at radius 1 is 1.26 bits per heavy atom. The van der Waals surface area contributed by atoms with Crippen LogP contribution in [0.5, 0.6) is 0 Å². The number of urea groups is 1. The van der Waals surface area contributed by atoms with Crippen LogP contribution in [0, 0.1) is 5.92 Å². The summed E-state index contributed by atoms with van der Waals surface area (Å²) in [6.07, 6.45) is 5.41. The van der Waals surface area contributed by atoms with Gasteiger partial charge in [0.2, 0.25) is 5.91 Å². The van der Waals surface area contributed by atoms with Gasteiger partial charge in [-0.3, -0.25) is 14.5 Å². The van der Waals surface area contributed by atoms with E-state index in [-0.39, 0.29) is 18.4 Å². The fourth-order valence-electron chi connectivity index (χ4n) is 3.86. The molecular formula is C16H26N4O3. The summed E-state index contributed by atoms with van der Waals surface area (Å²) in [6, 6.07) is -0.425. The van der Waals surface area contributed by atoms with E-state index in [9.17, 15) is 14.4 Å². The van der Waals surface area contributed by atoms with Crippen molar-refractivity contribution in [2.45, 2.75) is 44.1 Å². The molecule has 1 aliphatic carbocycles. The highest BCUT2D eigenvalue weighted by molar-refractivity contribution is 6.09. The Kier molecular flexibility index (Phi) is 4.57. The van der Waals surface area contributed by atoms with Crippen molar-refractivity contribution in [2.75, 3.05) is 33.2 Å². The van der Waals surface area contributed by atoms with E-state index in [0.717, 1.165) is 43.7 Å². The van der Waals surface area contributed by atoms with Crippen molar-refractivity contribution < 1.29 is 14.4 Å². The highest BCUT2D eigenvalue weighted by Crippen LogP contribution is 2.34. The molecule has 3 rings (SSSR count). The fourth-order valence-corrected chi connectivity index (χ4v) is 3.86. The van der Waals surface area contributed by atoms with Gasteiger partial charge in [0.1, 0.15) is 12.1 Å². The zero-order valence-electron chi connectivity index (χ0n) is 13.8. The van der Waals surface area contributed by atoms with Gasteiger partial charge in [-0.25, -0.2) is 4.79 Å². The van der Waals surface area contributed by atoms with Crippen LogP contribution in [0.25, 0.3) is 0 Å². The predicted octanol–water partition coefficient (Wildman–Crippen LogP) is 0.309. The first-order valence-electron chi connectivity index (χ1n) is 8.59. The van der Waals surface area contributed by atoms with E-state index < -0.39 is 11.6 Å². The summed E-state index contributed by atoms with van der Waals surface area (Å²) in [5, 5.41) is 5.68. The number of hydrogen-bond acceptors (Lipinski definition) is 4. The molecule has 3 aliphatic rings. The Hall–Kier alpha value is -1.63. The summed E-state index contributed by atoms with van der Waals surface area (Å²) in [4.78, 5) is 40.0. The van der Waals surface area contributed by atoms with E-state index in [4.69, 9.17) is 0 Å². The molecule has 0 unspecified atom stereocenters. The maximum atomic E-state index is 12.5. The molecule has 0 radical (unpaired) electrons. The molecule has 0 bridgehead atoms. The van der Waals surface area contributed by atoms with Crippen LogP contribution in [0.2, 0.25) is 0 Å². The molecule has 2 saturated heterocycles. The Balaban J connectivity index is 1.48. The number of amides is 4. The molecule has 128 valence electrons. The van der Waals surface area contributed by atoms with Crippen LogP contribution in [0.1, 0.15) is 38.5 Å². The number of carbonyl (C=O) groups is 3. The maximum Gasteiger partial charge on any atom is 0.325 e. The second-order valence-electron chi connectivity index (χ2n) is 7.16. The van der Waals surface area contributed by atoms with Crippen molar-refractivity contribution in [1.82, 2.24) is 20.4 Å². The number of likely N-dealkylation sites (tertiary alicyclic amines) is 1. The highest BCUT2D eigenvalue weighted by atomic mass is 16.2. The van der Waals surface area contributed by atoms with Crippen LogP contribution >= 0.6 is 0 Å². The normalized spacial score (nSPS) is 25.2. The van der Waals surface area contributed by atoms with Gasteiger partial charge in [0.05, 0.1) is 0 Å². The van der Waals surface area contributed by atoms with Gasteiger partial charge in [-0.05, 0) is 51.7 Å². The number of nitrogens with zero attached hydrogens (tertiary/aromatic N) is 2. The number of rotatable bonds is 4. The number of nitrogens with one attached hydrogen (secondary N) is 2. The summed E-state index contributed by atoms with van der Waals surface area (Å²) in [5.74, 6) is 0.0105. The molecule has 1 spiro atoms. The molecule has 7 heteroatoms. The molecule has 4 amide bonds. The number of carbonyl (C=O) groups excluding carboxylic acids is 3. The van der Waals surface area contributed by atoms with E-state index in [1.165, 1.54) is 0 Å². The molecule has 3 fully saturated rings. The lowest BCUT2D eigenvalue weighted by Gasteiger charge is -2.29. The Bertz CT molecular complexity index is 494. The van der Waals surface area contributed by atoms with Gasteiger partial charge in [0.15, 0.2) is 0 Å². The maximum absolute atomic E-state index is 12.5. The van der Waals surface area contributed by atoms with E-state index in [2.05, 4.69) is 22.6 Å². The molecule has 2 aliphatic heterocycles. The summed E-state index contributed by atoms with van der Waals surface area (Å²) in [7, 11) is 2.10. The van der Waals surface area contributed by atoms with E-state index in [0.29, 0.717) is 25.3 Å². The third-order valence-electron chi connectivity index (χ3n) is 5.43. The van der Waals surface area contributed by atoms with Gasteiger partial charge >= 0.3 is 6.03 Å². The fraction of sp³-hybridized carbons (Fsp3) is 0.812. The van der Waals surface area contributed by atoms with Gasteiger partial charge in [0, 0.05) is 6.54 Å². The predicted molar refractivity (Wildman–Crippen MR) is 84.7 cm³/mol. The average Bonchev–Trinajstić information content (AvgIpc) is 3.08. The van der Waals surface area contributed by atoms with E-state index in [1.807, 2.05) is 0 Å². The van der Waals surface area contributed by atoms with Crippen molar-refractivity contribution in [3.8, 4) is 0 Å². The molecule has 7 nitrogen and oxygen atoms in total. The van der Waals surface area contributed by atoms with Gasteiger partial charge in [0.25, 0.3) is 5.91 Å². The minimum Gasteiger partial charge on any atom is -0.354 e. The second kappa shape index (κ2) is 6.47. The largest absolute Gasteiger partial charge is 0.354 e. The topological polar surface area (TPSA) is 81.8 Å². The quantitative estimate of drug-likeness (QED) is 0.730. The van der Waals surface area contributed by atoms with Gasteiger partial charge in [-0.1, -0.05) is 12.8 Å². The summed E-state index contributed by atoms with van der Waals surface area (Å²) >= 11 is 0. The smallest absolute Gasteiger partial charge is 0.325 e. The first kappa shape index (κ1) is 16.2. The standard InChI is InChI=1S/C16H26N4O3/c1-19-8-4-12(5-9-19)10-17-13(21)11-20-14(22)16(18-15(20)23)6-2-3-7-16/h12H,2-11H2,1H3,(H,17,21)(H,18,23). The van der Waals surface area contributed by atoms with Gasteiger partial charge in [-0.15, -0.1) is 0 Å². The van der Waals surface area contributed by atoms with Crippen LogP contribution in [0.15, 0.2) is 0 Å². The minimum atomic E-state index is -0.731. The molecule has 23 heavy (non-hydrogen) atoms. The van der Waals surface area contributed by atoms with Crippen LogP contribution < -0.4 is 10.6 Å². The van der Waals surface area contributed by atoms with Crippen LogP contribution in [-0.2, 0) is 9.59 Å². The van der Waals surface area contributed by atoms with Crippen molar-refractivity contribution in [3.63, 3.8) is 0 Å². The number of piperidine rings is 1. The van der Waals surface area contributed by atoms with Crippen molar-refractivity contribution in [2.24, 2.45) is 5.92 Å². The molecule has 0 aromatic carbocycles. The molecular weight excluding hydrogens is 296 g/mol. The van der Waals surface area contributed by atoms with Crippen molar-refractivity contribution >= 4 is 17.8 Å². The average molecular weight is 322 g/mol. The molecule has 1 saturated carbocycles. The lowest BCUT2D eigenvalue weighted by molar-refractivity contribution is -0.134. The second-order valence-corrected chi connectivity index (χ2v) is 7.16. The van der Waals surface area contributed by atoms with Gasteiger partial charge < -0.3 is 15.5 Å². The molecule has 2 N–H and O–H groups in total. The monoisotopic (exact) mass is 322 g/mol. The lowest BCUT2D eigenvalue weighted by Crippen LogP contribution is -2.46. The number of hydrogen-bond donors (Lipinski definition) is 2. The first-order chi connectivity index (χ1) is 11.0. The minimum absolute atomic E-state index is 0.168. The third-order valence-corrected chi connectivity index (χ3v) is 5.43. The molecule has 0 aromatic heterocycles. The zero-order chi connectivity index (χ0) is 16.4. The third kappa shape index (κ3) is 3.34. The number of imide groups is 1. The molecule has 0 aromatic rings. The van der Waals surface area contributed by atoms with Crippen molar-refractivity contribution in [3.05, 3.63) is 0 Å². The Morgan fingerprint density at radius 2 is 1.91 bits per heavy atom. The summed E-state index contributed by atoms with van der Waals surface area (Å²) in [5.41, 5.74) is -0.731. The molecule has 2 heterocycles. The molecule has 0 atom stereocenters. The highest BCUT2D eigenvalue weighted by Gasteiger charge is 2.52. The Morgan fingerprint density at radius 3 is 2.57 bits per heavy atom. The lowest BCUT2D eigenvalue weighted by atomic mass is 9.97. The zero-order valence-corrected chi connectivity index (χ0v) is 13.8. The van der Waals surface area contributed by atoms with Crippen LogP contribution in [0.4, 0.5) is 4.79 Å². The first-order valence-corrected chi connectivity index (χ1v) is 8.59.